The third-order valence-corrected chi connectivity index (χ3v) is 7.15. The van der Waals surface area contributed by atoms with Gasteiger partial charge in [-0.05, 0) is 30.3 Å². The molecule has 2 aromatic carbocycles. The number of hydrogen-bond donors (Lipinski definition) is 1. The summed E-state index contributed by atoms with van der Waals surface area (Å²) in [5, 5.41) is 9.80. The van der Waals surface area contributed by atoms with Crippen molar-refractivity contribution in [3.63, 3.8) is 0 Å². The summed E-state index contributed by atoms with van der Waals surface area (Å²) in [7, 11) is -9.15. The molecule has 1 unspecified atom stereocenters. The predicted molar refractivity (Wildman–Crippen MR) is 73.2 cm³/mol. The summed E-state index contributed by atoms with van der Waals surface area (Å²) in [6.07, 6.45) is 0. The van der Waals surface area contributed by atoms with Crippen LogP contribution in [0.15, 0.2) is 64.4 Å². The molecule has 0 aliphatic heterocycles. The molecule has 0 bridgehead atoms. The summed E-state index contributed by atoms with van der Waals surface area (Å²) < 4.78 is 58.8. The van der Waals surface area contributed by atoms with Gasteiger partial charge in [-0.3, -0.25) is 0 Å². The van der Waals surface area contributed by atoms with Crippen LogP contribution in [0.3, 0.4) is 0 Å². The summed E-state index contributed by atoms with van der Waals surface area (Å²) in [6, 6.07) is 10.5. The number of sulfone groups is 2. The van der Waals surface area contributed by atoms with Gasteiger partial charge in [-0.25, -0.2) is 21.2 Å². The zero-order valence-electron chi connectivity index (χ0n) is 10.5. The first-order valence-corrected chi connectivity index (χ1v) is 8.82. The van der Waals surface area contributed by atoms with Crippen LogP contribution in [0.1, 0.15) is 0 Å². The zero-order valence-corrected chi connectivity index (χ0v) is 12.2. The van der Waals surface area contributed by atoms with Gasteiger partial charge in [-0.15, -0.1) is 0 Å². The molecule has 21 heavy (non-hydrogen) atoms. The van der Waals surface area contributed by atoms with Gasteiger partial charge in [0.15, 0.2) is 0 Å². The molecule has 0 aliphatic rings. The van der Waals surface area contributed by atoms with Crippen LogP contribution in [0.2, 0.25) is 0 Å². The average molecular weight is 330 g/mol. The van der Waals surface area contributed by atoms with E-state index in [-0.39, 0.29) is 4.90 Å². The molecule has 2 rings (SSSR count). The van der Waals surface area contributed by atoms with Crippen LogP contribution in [0, 0.1) is 5.82 Å². The Morgan fingerprint density at radius 2 is 1.33 bits per heavy atom. The molecule has 5 nitrogen and oxygen atoms in total. The van der Waals surface area contributed by atoms with E-state index in [1.807, 2.05) is 0 Å². The van der Waals surface area contributed by atoms with Gasteiger partial charge >= 0.3 is 0 Å². The Balaban J connectivity index is 2.51. The Morgan fingerprint density at radius 3 is 1.90 bits per heavy atom. The Morgan fingerprint density at radius 1 is 0.810 bits per heavy atom. The second-order valence-corrected chi connectivity index (χ2v) is 8.48. The highest BCUT2D eigenvalue weighted by atomic mass is 32.3. The number of aliphatic hydroxyl groups is 1. The van der Waals surface area contributed by atoms with E-state index in [0.29, 0.717) is 6.07 Å². The highest BCUT2D eigenvalue weighted by Gasteiger charge is 2.38. The molecule has 0 spiro atoms. The maximum absolute atomic E-state index is 13.1. The van der Waals surface area contributed by atoms with E-state index < -0.39 is 35.2 Å². The van der Waals surface area contributed by atoms with Crippen LogP contribution in [-0.2, 0) is 19.7 Å². The van der Waals surface area contributed by atoms with Crippen LogP contribution in [0.4, 0.5) is 4.39 Å². The Hall–Kier alpha value is -1.77. The number of halogens is 1. The largest absolute Gasteiger partial charge is 0.364 e. The minimum atomic E-state index is -4.64. The molecule has 0 aliphatic carbocycles. The first-order valence-electron chi connectivity index (χ1n) is 5.73. The number of hydrogen-bond acceptors (Lipinski definition) is 5. The van der Waals surface area contributed by atoms with Crippen molar-refractivity contribution in [3.05, 3.63) is 60.4 Å². The van der Waals surface area contributed by atoms with E-state index in [4.69, 9.17) is 0 Å². The lowest BCUT2D eigenvalue weighted by atomic mass is 10.4. The fourth-order valence-electron chi connectivity index (χ4n) is 1.65. The zero-order chi connectivity index (χ0) is 15.7. The van der Waals surface area contributed by atoms with Crippen molar-refractivity contribution in [2.24, 2.45) is 0 Å². The molecule has 2 aromatic rings. The first-order chi connectivity index (χ1) is 9.76. The lowest BCUT2D eigenvalue weighted by Crippen LogP contribution is -2.30. The van der Waals surface area contributed by atoms with Crippen LogP contribution >= 0.6 is 0 Å². The molecule has 0 heterocycles. The van der Waals surface area contributed by atoms with Crippen molar-refractivity contribution in [2.75, 3.05) is 0 Å². The van der Waals surface area contributed by atoms with Gasteiger partial charge in [0.1, 0.15) is 5.82 Å². The van der Waals surface area contributed by atoms with Crippen molar-refractivity contribution in [1.82, 2.24) is 0 Å². The SMILES string of the molecule is O=S(=O)(c1ccccc1)C(O)S(=O)(=O)c1cccc(F)c1. The molecule has 0 radical (unpaired) electrons. The minimum Gasteiger partial charge on any atom is -0.364 e. The molecule has 0 aromatic heterocycles. The average Bonchev–Trinajstić information content (AvgIpc) is 2.47. The third-order valence-electron chi connectivity index (χ3n) is 2.73. The van der Waals surface area contributed by atoms with Crippen molar-refractivity contribution in [3.8, 4) is 0 Å². The Labute approximate surface area is 121 Å². The highest BCUT2D eigenvalue weighted by Crippen LogP contribution is 2.24. The van der Waals surface area contributed by atoms with Crippen molar-refractivity contribution in [1.29, 1.82) is 0 Å². The van der Waals surface area contributed by atoms with Gasteiger partial charge in [0.2, 0.25) is 19.7 Å². The van der Waals surface area contributed by atoms with Crippen molar-refractivity contribution >= 4 is 19.7 Å². The Kier molecular flexibility index (Phi) is 4.13. The normalized spacial score (nSPS) is 13.8. The fourth-order valence-corrected chi connectivity index (χ4v) is 5.20. The molecule has 0 fully saturated rings. The fraction of sp³-hybridized carbons (Fsp3) is 0.0769. The van der Waals surface area contributed by atoms with E-state index in [2.05, 4.69) is 0 Å². The van der Waals surface area contributed by atoms with Gasteiger partial charge in [0, 0.05) is 0 Å². The predicted octanol–water partition coefficient (Wildman–Crippen LogP) is 1.35. The molecule has 1 N–H and O–H groups in total. The quantitative estimate of drug-likeness (QED) is 0.914. The standard InChI is InChI=1S/C13H11FO5S2/c14-10-5-4-8-12(9-10)21(18,19)13(15)20(16,17)11-6-2-1-3-7-11/h1-9,13,15H. The van der Waals surface area contributed by atoms with Crippen LogP contribution in [-0.4, -0.2) is 26.7 Å². The molecule has 112 valence electrons. The molecule has 8 heteroatoms. The van der Waals surface area contributed by atoms with E-state index in [1.54, 1.807) is 6.07 Å². The van der Waals surface area contributed by atoms with Crippen molar-refractivity contribution < 1.29 is 26.3 Å². The lowest BCUT2D eigenvalue weighted by Gasteiger charge is -2.13. The summed E-state index contributed by atoms with van der Waals surface area (Å²) in [4.78, 5) is -0.938. The van der Waals surface area contributed by atoms with E-state index in [1.165, 1.54) is 24.3 Å². The summed E-state index contributed by atoms with van der Waals surface area (Å²) in [6.45, 7) is 0. The number of rotatable bonds is 4. The molecule has 0 saturated carbocycles. The molecular weight excluding hydrogens is 319 g/mol. The highest BCUT2D eigenvalue weighted by molar-refractivity contribution is 8.08. The van der Waals surface area contributed by atoms with E-state index in [9.17, 15) is 26.3 Å². The topological polar surface area (TPSA) is 88.5 Å². The summed E-state index contributed by atoms with van der Waals surface area (Å²) in [5.41, 5.74) is 0. The lowest BCUT2D eigenvalue weighted by molar-refractivity contribution is 0.313. The van der Waals surface area contributed by atoms with Crippen molar-refractivity contribution in [2.45, 2.75) is 14.6 Å². The molecule has 0 amide bonds. The van der Waals surface area contributed by atoms with Gasteiger partial charge in [-0.1, -0.05) is 24.3 Å². The van der Waals surface area contributed by atoms with Crippen LogP contribution in [0.25, 0.3) is 0 Å². The molecular formula is C13H11FO5S2. The number of benzene rings is 2. The minimum absolute atomic E-state index is 0.336. The monoisotopic (exact) mass is 330 g/mol. The smallest absolute Gasteiger partial charge is 0.267 e. The summed E-state index contributed by atoms with van der Waals surface area (Å²) in [5.74, 6) is -0.847. The second-order valence-electron chi connectivity index (χ2n) is 4.17. The van der Waals surface area contributed by atoms with Gasteiger partial charge < -0.3 is 5.11 Å². The van der Waals surface area contributed by atoms with Crippen LogP contribution in [0.5, 0.6) is 0 Å². The first kappa shape index (κ1) is 15.6. The third kappa shape index (κ3) is 2.97. The summed E-state index contributed by atoms with van der Waals surface area (Å²) >= 11 is 0. The van der Waals surface area contributed by atoms with Gasteiger partial charge in [0.25, 0.3) is 4.77 Å². The van der Waals surface area contributed by atoms with Gasteiger partial charge in [0.05, 0.1) is 9.79 Å². The number of aliphatic hydroxyl groups excluding tert-OH is 1. The maximum Gasteiger partial charge on any atom is 0.267 e. The molecule has 0 saturated heterocycles. The van der Waals surface area contributed by atoms with Crippen LogP contribution < -0.4 is 0 Å². The molecule has 1 atom stereocenters. The maximum atomic E-state index is 13.1. The van der Waals surface area contributed by atoms with E-state index in [0.717, 1.165) is 18.2 Å². The Bertz CT molecular complexity index is 845. The van der Waals surface area contributed by atoms with E-state index >= 15 is 0 Å². The second kappa shape index (κ2) is 5.55. The van der Waals surface area contributed by atoms with Gasteiger partial charge in [-0.2, -0.15) is 0 Å².